The van der Waals surface area contributed by atoms with Crippen molar-refractivity contribution >= 4 is 35.0 Å². The fourth-order valence-corrected chi connectivity index (χ4v) is 7.33. The number of carbonyl (C=O) groups is 4. The molecule has 292 valence electrons. The molecular formula is C49H38N2O8. The van der Waals surface area contributed by atoms with E-state index in [9.17, 15) is 19.2 Å². The summed E-state index contributed by atoms with van der Waals surface area (Å²) >= 11 is 0. The lowest BCUT2D eigenvalue weighted by molar-refractivity contribution is 0.0909. The van der Waals surface area contributed by atoms with Gasteiger partial charge in [-0.2, -0.15) is 0 Å². The SMILES string of the molecule is C=CCc1ccc(Oc2cccc3c2C(=O)N(c2ccc(Cc4ccc(N5C(=O)c6cccc(Oc7ccc(CC=C)cc7OC)c6C5=O)cc4)cc2)C3=O)c(OC)c1. The zero-order valence-corrected chi connectivity index (χ0v) is 32.4. The molecule has 0 saturated heterocycles. The lowest BCUT2D eigenvalue weighted by Gasteiger charge is -2.16. The molecule has 6 aromatic carbocycles. The van der Waals surface area contributed by atoms with Gasteiger partial charge in [-0.1, -0.05) is 60.7 Å². The van der Waals surface area contributed by atoms with E-state index in [1.165, 1.54) is 0 Å². The molecule has 10 nitrogen and oxygen atoms in total. The molecule has 0 bridgehead atoms. The molecule has 0 atom stereocenters. The third-order valence-corrected chi connectivity index (χ3v) is 10.2. The fourth-order valence-electron chi connectivity index (χ4n) is 7.33. The lowest BCUT2D eigenvalue weighted by Crippen LogP contribution is -2.29. The molecular weight excluding hydrogens is 745 g/mol. The lowest BCUT2D eigenvalue weighted by atomic mass is 10.0. The molecule has 0 aliphatic carbocycles. The molecule has 10 heteroatoms. The monoisotopic (exact) mass is 782 g/mol. The Morgan fingerprint density at radius 2 is 0.847 bits per heavy atom. The summed E-state index contributed by atoms with van der Waals surface area (Å²) in [7, 11) is 3.08. The number of anilines is 2. The standard InChI is InChI=1S/C49H38N2O8/c1-5-9-30-19-25-38(42(28-30)56-3)58-40-13-7-11-36-44(40)48(54)50(46(36)52)34-21-15-32(16-22-34)27-33-17-23-35(24-18-33)51-47(53)37-12-8-14-41(45(37)49(51)55)59-39-26-20-31(10-6-2)29-43(39)57-4/h5-8,11-26,28-29H,1-2,9-10,27H2,3-4H3. The molecule has 0 unspecified atom stereocenters. The number of amides is 4. The van der Waals surface area contributed by atoms with Crippen LogP contribution in [0.2, 0.25) is 0 Å². The zero-order valence-electron chi connectivity index (χ0n) is 32.4. The van der Waals surface area contributed by atoms with Crippen molar-refractivity contribution < 1.29 is 38.1 Å². The average molecular weight is 783 g/mol. The van der Waals surface area contributed by atoms with Gasteiger partial charge in [-0.25, -0.2) is 9.80 Å². The Kier molecular flexibility index (Phi) is 10.4. The summed E-state index contributed by atoms with van der Waals surface area (Å²) in [4.78, 5) is 57.1. The number of benzene rings is 6. The molecule has 2 aliphatic rings. The van der Waals surface area contributed by atoms with Crippen LogP contribution in [0.5, 0.6) is 34.5 Å². The van der Waals surface area contributed by atoms with Gasteiger partial charge in [0.15, 0.2) is 23.0 Å². The van der Waals surface area contributed by atoms with Crippen LogP contribution < -0.4 is 28.7 Å². The van der Waals surface area contributed by atoms with Crippen LogP contribution in [-0.4, -0.2) is 37.8 Å². The maximum atomic E-state index is 13.8. The minimum absolute atomic E-state index is 0.176. The highest BCUT2D eigenvalue weighted by Gasteiger charge is 2.41. The van der Waals surface area contributed by atoms with Crippen molar-refractivity contribution in [3.05, 3.63) is 191 Å². The normalized spacial score (nSPS) is 13.0. The van der Waals surface area contributed by atoms with Gasteiger partial charge in [-0.15, -0.1) is 13.2 Å². The number of methoxy groups -OCH3 is 2. The second kappa shape index (κ2) is 16.0. The Bertz CT molecular complexity index is 2500. The number of carbonyl (C=O) groups excluding carboxylic acids is 4. The first-order valence-electron chi connectivity index (χ1n) is 18.9. The summed E-state index contributed by atoms with van der Waals surface area (Å²) in [6.07, 6.45) is 5.42. The van der Waals surface area contributed by atoms with Gasteiger partial charge < -0.3 is 18.9 Å². The quantitative estimate of drug-likeness (QED) is 0.0793. The van der Waals surface area contributed by atoms with Gasteiger partial charge in [0, 0.05) is 0 Å². The Hall–Kier alpha value is -7.72. The predicted molar refractivity (Wildman–Crippen MR) is 225 cm³/mol. The Balaban J connectivity index is 0.957. The Morgan fingerprint density at radius 1 is 0.458 bits per heavy atom. The van der Waals surface area contributed by atoms with E-state index in [0.29, 0.717) is 53.6 Å². The Morgan fingerprint density at radius 3 is 1.22 bits per heavy atom. The van der Waals surface area contributed by atoms with E-state index in [-0.39, 0.29) is 33.8 Å². The molecule has 0 spiro atoms. The van der Waals surface area contributed by atoms with Crippen LogP contribution in [0.1, 0.15) is 63.7 Å². The number of fused-ring (bicyclic) bond motifs is 2. The first kappa shape index (κ1) is 38.2. The number of rotatable bonds is 14. The van der Waals surface area contributed by atoms with Crippen molar-refractivity contribution in [2.45, 2.75) is 19.3 Å². The molecule has 4 amide bonds. The van der Waals surface area contributed by atoms with Gasteiger partial charge in [0.2, 0.25) is 0 Å². The third kappa shape index (κ3) is 7.12. The molecule has 2 aliphatic heterocycles. The average Bonchev–Trinajstić information content (AvgIpc) is 3.67. The summed E-state index contributed by atoms with van der Waals surface area (Å²) in [6.45, 7) is 7.56. The number of imide groups is 2. The highest BCUT2D eigenvalue weighted by atomic mass is 16.5. The third-order valence-electron chi connectivity index (χ3n) is 10.2. The zero-order chi connectivity index (χ0) is 41.2. The molecule has 0 aromatic heterocycles. The molecule has 2 heterocycles. The second-order valence-electron chi connectivity index (χ2n) is 13.9. The minimum atomic E-state index is -0.490. The van der Waals surface area contributed by atoms with Crippen molar-refractivity contribution in [2.24, 2.45) is 0 Å². The van der Waals surface area contributed by atoms with Crippen LogP contribution >= 0.6 is 0 Å². The summed E-state index contributed by atoms with van der Waals surface area (Å²) in [5, 5.41) is 0. The first-order valence-corrected chi connectivity index (χ1v) is 18.9. The maximum Gasteiger partial charge on any atom is 0.269 e. The number of hydrogen-bond donors (Lipinski definition) is 0. The Labute approximate surface area is 341 Å². The molecule has 0 N–H and O–H groups in total. The van der Waals surface area contributed by atoms with Gasteiger partial charge in [0.05, 0.1) is 47.8 Å². The summed E-state index contributed by atoms with van der Waals surface area (Å²) in [5.41, 5.74) is 5.51. The van der Waals surface area contributed by atoms with E-state index in [2.05, 4.69) is 13.2 Å². The molecule has 0 radical (unpaired) electrons. The van der Waals surface area contributed by atoms with E-state index >= 15 is 0 Å². The van der Waals surface area contributed by atoms with Gasteiger partial charge in [-0.3, -0.25) is 19.2 Å². The van der Waals surface area contributed by atoms with Crippen molar-refractivity contribution in [1.29, 1.82) is 0 Å². The number of allylic oxidation sites excluding steroid dienone is 2. The van der Waals surface area contributed by atoms with Crippen LogP contribution in [0.4, 0.5) is 11.4 Å². The maximum absolute atomic E-state index is 13.8. The van der Waals surface area contributed by atoms with Crippen molar-refractivity contribution in [3.63, 3.8) is 0 Å². The largest absolute Gasteiger partial charge is 0.493 e. The van der Waals surface area contributed by atoms with Crippen molar-refractivity contribution in [2.75, 3.05) is 24.0 Å². The van der Waals surface area contributed by atoms with Crippen LogP contribution in [0.15, 0.2) is 147 Å². The molecule has 6 aromatic rings. The fraction of sp³-hybridized carbons (Fsp3) is 0.102. The van der Waals surface area contributed by atoms with Crippen LogP contribution in [-0.2, 0) is 19.3 Å². The number of hydrogen-bond acceptors (Lipinski definition) is 8. The highest BCUT2D eigenvalue weighted by Crippen LogP contribution is 2.41. The van der Waals surface area contributed by atoms with Crippen molar-refractivity contribution in [1.82, 2.24) is 0 Å². The number of nitrogens with zero attached hydrogens (tertiary/aromatic N) is 2. The topological polar surface area (TPSA) is 112 Å². The van der Waals surface area contributed by atoms with Crippen LogP contribution in [0.3, 0.4) is 0 Å². The summed E-state index contributed by atoms with van der Waals surface area (Å²) < 4.78 is 23.4. The van der Waals surface area contributed by atoms with Crippen LogP contribution in [0.25, 0.3) is 0 Å². The van der Waals surface area contributed by atoms with E-state index < -0.39 is 23.6 Å². The van der Waals surface area contributed by atoms with Gasteiger partial charge in [-0.05, 0) is 114 Å². The van der Waals surface area contributed by atoms with Crippen molar-refractivity contribution in [3.8, 4) is 34.5 Å². The second-order valence-corrected chi connectivity index (χ2v) is 13.9. The molecule has 0 saturated carbocycles. The van der Waals surface area contributed by atoms with E-state index in [4.69, 9.17) is 18.9 Å². The van der Waals surface area contributed by atoms with Gasteiger partial charge in [0.1, 0.15) is 11.5 Å². The summed E-state index contributed by atoms with van der Waals surface area (Å²) in [6, 6.07) is 35.3. The van der Waals surface area contributed by atoms with Crippen LogP contribution in [0, 0.1) is 0 Å². The number of ether oxygens (including phenoxy) is 4. The van der Waals surface area contributed by atoms with E-state index in [1.807, 2.05) is 48.5 Å². The highest BCUT2D eigenvalue weighted by molar-refractivity contribution is 6.36. The van der Waals surface area contributed by atoms with Gasteiger partial charge >= 0.3 is 0 Å². The smallest absolute Gasteiger partial charge is 0.269 e. The van der Waals surface area contributed by atoms with E-state index in [0.717, 1.165) is 32.1 Å². The molecule has 8 rings (SSSR count). The van der Waals surface area contributed by atoms with E-state index in [1.54, 1.807) is 99.2 Å². The van der Waals surface area contributed by atoms with Gasteiger partial charge in [0.25, 0.3) is 23.6 Å². The summed E-state index contributed by atoms with van der Waals surface area (Å²) in [5.74, 6) is 0.435. The predicted octanol–water partition coefficient (Wildman–Crippen LogP) is 9.94. The minimum Gasteiger partial charge on any atom is -0.493 e. The molecule has 0 fully saturated rings. The first-order chi connectivity index (χ1) is 28.7. The molecule has 59 heavy (non-hydrogen) atoms.